The van der Waals surface area contributed by atoms with Crippen molar-refractivity contribution in [2.45, 2.75) is 17.9 Å². The van der Waals surface area contributed by atoms with Crippen molar-refractivity contribution in [3.05, 3.63) is 77.6 Å². The highest BCUT2D eigenvalue weighted by Gasteiger charge is 2.31. The van der Waals surface area contributed by atoms with Gasteiger partial charge in [0.15, 0.2) is 5.82 Å². The maximum absolute atomic E-state index is 13.2. The van der Waals surface area contributed by atoms with E-state index in [1.54, 1.807) is 42.2 Å². The lowest BCUT2D eigenvalue weighted by Crippen LogP contribution is -2.44. The summed E-state index contributed by atoms with van der Waals surface area (Å²) < 4.78 is 43.5. The van der Waals surface area contributed by atoms with E-state index in [2.05, 4.69) is 9.88 Å². The van der Waals surface area contributed by atoms with Crippen molar-refractivity contribution in [2.75, 3.05) is 31.0 Å². The van der Waals surface area contributed by atoms with Gasteiger partial charge in [-0.2, -0.15) is 0 Å². The highest BCUT2D eigenvalue weighted by Crippen LogP contribution is 2.24. The van der Waals surface area contributed by atoms with Crippen molar-refractivity contribution in [1.82, 2.24) is 10.1 Å². The van der Waals surface area contributed by atoms with Crippen LogP contribution in [0.5, 0.6) is 0 Å². The molecule has 1 aromatic heterocycles. The molecule has 2 heterocycles. The maximum atomic E-state index is 13.2. The molecule has 1 aliphatic heterocycles. The fourth-order valence-electron chi connectivity index (χ4n) is 3.41. The van der Waals surface area contributed by atoms with E-state index in [0.717, 1.165) is 0 Å². The molecule has 178 valence electrons. The summed E-state index contributed by atoms with van der Waals surface area (Å²) in [6.45, 7) is 3.21. The molecule has 0 radical (unpaired) electrons. The number of hydrogen-bond donors (Lipinski definition) is 1. The van der Waals surface area contributed by atoms with Crippen molar-refractivity contribution >= 4 is 27.7 Å². The fraction of sp³-hybridized carbons (Fsp3) is 0.261. The van der Waals surface area contributed by atoms with Gasteiger partial charge in [0.1, 0.15) is 5.76 Å². The quantitative estimate of drug-likeness (QED) is 0.506. The predicted octanol–water partition coefficient (Wildman–Crippen LogP) is 2.54. The van der Waals surface area contributed by atoms with Crippen LogP contribution in [-0.4, -0.2) is 56.7 Å². The van der Waals surface area contributed by atoms with E-state index in [1.165, 1.54) is 30.3 Å². The van der Waals surface area contributed by atoms with Crippen molar-refractivity contribution < 1.29 is 32.0 Å². The number of nitrogens with zero attached hydrogens (tertiary/aromatic N) is 2. The minimum absolute atomic E-state index is 0.0186. The third kappa shape index (κ3) is 5.43. The van der Waals surface area contributed by atoms with Gasteiger partial charge in [-0.3, -0.25) is 9.52 Å². The number of sulfonamides is 1. The Hall–Kier alpha value is -3.70. The molecule has 10 nitrogen and oxygen atoms in total. The minimum Gasteiger partial charge on any atom is -0.444 e. The van der Waals surface area contributed by atoms with Gasteiger partial charge in [-0.1, -0.05) is 41.6 Å². The second-order valence-corrected chi connectivity index (χ2v) is 9.27. The second-order valence-electron chi connectivity index (χ2n) is 7.59. The minimum atomic E-state index is -4.04. The number of aromatic nitrogens is 1. The highest BCUT2D eigenvalue weighted by molar-refractivity contribution is 7.92. The molecule has 4 rings (SSSR count). The van der Waals surface area contributed by atoms with Crippen LogP contribution >= 0.6 is 0 Å². The number of anilines is 1. The molecule has 0 saturated carbocycles. The molecule has 0 aliphatic carbocycles. The van der Waals surface area contributed by atoms with Crippen molar-refractivity contribution in [2.24, 2.45) is 0 Å². The molecule has 2 aromatic carbocycles. The molecule has 34 heavy (non-hydrogen) atoms. The van der Waals surface area contributed by atoms with E-state index < -0.39 is 22.1 Å². The molecule has 1 aliphatic rings. The lowest BCUT2D eigenvalue weighted by atomic mass is 10.1. The Kier molecular flexibility index (Phi) is 6.94. The summed E-state index contributed by atoms with van der Waals surface area (Å²) in [5.41, 5.74) is 0.495. The lowest BCUT2D eigenvalue weighted by Gasteiger charge is -2.30. The van der Waals surface area contributed by atoms with Crippen LogP contribution < -0.4 is 4.72 Å². The first-order valence-corrected chi connectivity index (χ1v) is 12.0. The summed E-state index contributed by atoms with van der Waals surface area (Å²) in [5.74, 6) is -0.739. The second kappa shape index (κ2) is 10.1. The fourth-order valence-corrected chi connectivity index (χ4v) is 4.44. The Labute approximate surface area is 196 Å². The molecule has 11 heteroatoms. The number of morpholine rings is 1. The van der Waals surface area contributed by atoms with Crippen molar-refractivity contribution in [1.29, 1.82) is 0 Å². The third-order valence-corrected chi connectivity index (χ3v) is 6.47. The normalized spacial score (nSPS) is 14.9. The van der Waals surface area contributed by atoms with Crippen LogP contribution in [0.25, 0.3) is 0 Å². The number of carbonyl (C=O) groups excluding carboxylic acids is 2. The van der Waals surface area contributed by atoms with Crippen LogP contribution in [0.2, 0.25) is 0 Å². The first-order chi connectivity index (χ1) is 16.3. The average molecular weight is 486 g/mol. The molecule has 1 fully saturated rings. The van der Waals surface area contributed by atoms with E-state index in [1.807, 2.05) is 0 Å². The van der Waals surface area contributed by atoms with Crippen LogP contribution in [0.15, 0.2) is 70.1 Å². The van der Waals surface area contributed by atoms with Gasteiger partial charge in [0.05, 0.1) is 23.7 Å². The first-order valence-electron chi connectivity index (χ1n) is 10.5. The van der Waals surface area contributed by atoms with Gasteiger partial charge in [0.25, 0.3) is 15.9 Å². The average Bonchev–Trinajstić information content (AvgIpc) is 3.26. The van der Waals surface area contributed by atoms with Gasteiger partial charge in [-0.05, 0) is 25.1 Å². The summed E-state index contributed by atoms with van der Waals surface area (Å²) in [5, 5.41) is 3.61. The van der Waals surface area contributed by atoms with E-state index in [0.29, 0.717) is 37.6 Å². The van der Waals surface area contributed by atoms with E-state index >= 15 is 0 Å². The summed E-state index contributed by atoms with van der Waals surface area (Å²) in [4.78, 5) is 27.6. The zero-order valence-corrected chi connectivity index (χ0v) is 19.2. The SMILES string of the molecule is Cc1cc(NS(=O)(=O)c2cccc(C(=O)OC(C(=O)N3CCOCC3)c3ccccc3)c2)no1. The van der Waals surface area contributed by atoms with Crippen molar-refractivity contribution in [3.63, 3.8) is 0 Å². The van der Waals surface area contributed by atoms with Crippen LogP contribution in [0.1, 0.15) is 27.8 Å². The van der Waals surface area contributed by atoms with Crippen LogP contribution in [0, 0.1) is 6.92 Å². The van der Waals surface area contributed by atoms with Gasteiger partial charge in [-0.15, -0.1) is 0 Å². The van der Waals surface area contributed by atoms with Gasteiger partial charge >= 0.3 is 5.97 Å². The molecule has 0 bridgehead atoms. The number of benzene rings is 2. The first kappa shape index (κ1) is 23.5. The zero-order valence-electron chi connectivity index (χ0n) is 18.3. The van der Waals surface area contributed by atoms with Crippen molar-refractivity contribution in [3.8, 4) is 0 Å². The van der Waals surface area contributed by atoms with Crippen LogP contribution in [0.4, 0.5) is 5.82 Å². The Bertz CT molecular complexity index is 1270. The van der Waals surface area contributed by atoms with E-state index in [-0.39, 0.29) is 22.2 Å². The topological polar surface area (TPSA) is 128 Å². The predicted molar refractivity (Wildman–Crippen MR) is 120 cm³/mol. The van der Waals surface area contributed by atoms with Gasteiger partial charge in [0.2, 0.25) is 6.10 Å². The summed E-state index contributed by atoms with van der Waals surface area (Å²) in [6, 6.07) is 15.4. The van der Waals surface area contributed by atoms with Crippen LogP contribution in [0.3, 0.4) is 0 Å². The Balaban J connectivity index is 1.56. The molecular weight excluding hydrogens is 462 g/mol. The molecule has 1 unspecified atom stereocenters. The molecule has 1 amide bonds. The van der Waals surface area contributed by atoms with Gasteiger partial charge in [-0.25, -0.2) is 13.2 Å². The highest BCUT2D eigenvalue weighted by atomic mass is 32.2. The maximum Gasteiger partial charge on any atom is 0.339 e. The molecule has 3 aromatic rings. The summed E-state index contributed by atoms with van der Waals surface area (Å²) in [7, 11) is -4.04. The monoisotopic (exact) mass is 485 g/mol. The zero-order chi connectivity index (χ0) is 24.1. The number of ether oxygens (including phenoxy) is 2. The van der Waals surface area contributed by atoms with Gasteiger partial charge in [0, 0.05) is 24.7 Å². The Morgan fingerprint density at radius 2 is 1.79 bits per heavy atom. The molecule has 1 atom stereocenters. The van der Waals surface area contributed by atoms with Crippen LogP contribution in [-0.2, 0) is 24.3 Å². The number of hydrogen-bond acceptors (Lipinski definition) is 8. The molecule has 1 saturated heterocycles. The molecule has 1 N–H and O–H groups in total. The smallest absolute Gasteiger partial charge is 0.339 e. The standard InChI is InChI=1S/C23H23N3O7S/c1-16-14-20(24-33-16)25-34(29,30)19-9-5-8-18(15-19)23(28)32-21(17-6-3-2-4-7-17)22(27)26-10-12-31-13-11-26/h2-9,14-15,21H,10-13H2,1H3,(H,24,25). The number of aryl methyl sites for hydroxylation is 1. The lowest BCUT2D eigenvalue weighted by molar-refractivity contribution is -0.145. The number of nitrogens with one attached hydrogen (secondary N) is 1. The Morgan fingerprint density at radius 1 is 1.06 bits per heavy atom. The summed E-state index contributed by atoms with van der Waals surface area (Å²) in [6.07, 6.45) is -1.18. The number of esters is 1. The van der Waals surface area contributed by atoms with E-state index in [4.69, 9.17) is 14.0 Å². The van der Waals surface area contributed by atoms with Gasteiger partial charge < -0.3 is 18.9 Å². The molecular formula is C23H23N3O7S. The summed E-state index contributed by atoms with van der Waals surface area (Å²) >= 11 is 0. The van der Waals surface area contributed by atoms with E-state index in [9.17, 15) is 18.0 Å². The number of amides is 1. The third-order valence-electron chi connectivity index (χ3n) is 5.12. The number of carbonyl (C=O) groups is 2. The number of rotatable bonds is 7. The molecule has 0 spiro atoms. The Morgan fingerprint density at radius 3 is 2.47 bits per heavy atom. The largest absolute Gasteiger partial charge is 0.444 e.